The molecule has 0 aliphatic heterocycles. The van der Waals surface area contributed by atoms with Crippen LogP contribution in [0.3, 0.4) is 0 Å². The monoisotopic (exact) mass is 402 g/mol. The van der Waals surface area contributed by atoms with Gasteiger partial charge in [0.2, 0.25) is 10.1 Å². The van der Waals surface area contributed by atoms with Crippen molar-refractivity contribution in [3.8, 4) is 0 Å². The van der Waals surface area contributed by atoms with E-state index in [9.17, 15) is 4.79 Å². The Balaban J connectivity index is 1.60. The Kier molecular flexibility index (Phi) is 7.53. The predicted molar refractivity (Wildman–Crippen MR) is 111 cm³/mol. The molecule has 2 aromatic heterocycles. The third kappa shape index (κ3) is 5.60. The van der Waals surface area contributed by atoms with E-state index in [1.807, 2.05) is 25.1 Å². The van der Waals surface area contributed by atoms with Crippen molar-refractivity contribution >= 4 is 21.4 Å². The fraction of sp³-hybridized carbons (Fsp3) is 0.450. The summed E-state index contributed by atoms with van der Waals surface area (Å²) in [4.78, 5) is 17.3. The summed E-state index contributed by atoms with van der Waals surface area (Å²) in [6.45, 7) is 7.12. The van der Waals surface area contributed by atoms with Gasteiger partial charge in [0.15, 0.2) is 0 Å². The minimum atomic E-state index is -0.135. The van der Waals surface area contributed by atoms with Crippen molar-refractivity contribution in [1.29, 1.82) is 0 Å². The molecular weight excluding hydrogens is 376 g/mol. The first-order valence-electron chi connectivity index (χ1n) is 9.56. The second-order valence-electron chi connectivity index (χ2n) is 6.36. The van der Waals surface area contributed by atoms with Crippen LogP contribution in [-0.2, 0) is 29.0 Å². The number of hydrogen-bond donors (Lipinski definition) is 1. The topological polar surface area (TPSA) is 77.8 Å². The Morgan fingerprint density at radius 2 is 1.96 bits per heavy atom. The van der Waals surface area contributed by atoms with Gasteiger partial charge in [0.1, 0.15) is 0 Å². The number of rotatable bonds is 11. The molecule has 7 nitrogen and oxygen atoms in total. The molecule has 0 aliphatic carbocycles. The Bertz CT molecular complexity index is 954. The molecule has 0 saturated heterocycles. The number of anilines is 1. The lowest BCUT2D eigenvalue weighted by Gasteiger charge is -2.07. The molecule has 1 N–H and O–H groups in total. The van der Waals surface area contributed by atoms with Crippen LogP contribution in [0.25, 0.3) is 4.96 Å². The van der Waals surface area contributed by atoms with Gasteiger partial charge in [-0.3, -0.25) is 4.79 Å². The Labute approximate surface area is 168 Å². The number of ether oxygens (including phenoxy) is 2. The number of hydrogen-bond acceptors (Lipinski definition) is 7. The van der Waals surface area contributed by atoms with Crippen molar-refractivity contribution in [2.45, 2.75) is 39.8 Å². The van der Waals surface area contributed by atoms with Crippen LogP contribution in [0.2, 0.25) is 0 Å². The average molecular weight is 403 g/mol. The fourth-order valence-electron chi connectivity index (χ4n) is 2.77. The van der Waals surface area contributed by atoms with Crippen molar-refractivity contribution in [3.63, 3.8) is 0 Å². The molecule has 2 heterocycles. The molecule has 0 bridgehead atoms. The largest absolute Gasteiger partial charge is 0.379 e. The first kappa shape index (κ1) is 20.4. The third-order valence-electron chi connectivity index (χ3n) is 4.08. The predicted octanol–water partition coefficient (Wildman–Crippen LogP) is 3.27. The maximum atomic E-state index is 12.2. The highest BCUT2D eigenvalue weighted by atomic mass is 32.1. The summed E-state index contributed by atoms with van der Waals surface area (Å²) in [6.07, 6.45) is 1.75. The molecule has 0 amide bonds. The first-order valence-corrected chi connectivity index (χ1v) is 10.4. The van der Waals surface area contributed by atoms with Gasteiger partial charge in [0.25, 0.3) is 5.56 Å². The summed E-state index contributed by atoms with van der Waals surface area (Å²) in [5.41, 5.74) is 2.92. The van der Waals surface area contributed by atoms with Crippen LogP contribution in [0.1, 0.15) is 37.1 Å². The zero-order valence-corrected chi connectivity index (χ0v) is 17.1. The van der Waals surface area contributed by atoms with E-state index in [0.717, 1.165) is 29.7 Å². The molecule has 28 heavy (non-hydrogen) atoms. The van der Waals surface area contributed by atoms with Crippen molar-refractivity contribution in [3.05, 3.63) is 57.5 Å². The maximum absolute atomic E-state index is 12.2. The second kappa shape index (κ2) is 10.3. The molecule has 0 saturated carbocycles. The number of nitrogens with one attached hydrogen (secondary N) is 1. The molecule has 0 aliphatic rings. The van der Waals surface area contributed by atoms with Crippen molar-refractivity contribution in [1.82, 2.24) is 14.6 Å². The molecule has 8 heteroatoms. The summed E-state index contributed by atoms with van der Waals surface area (Å²) in [7, 11) is 0. The van der Waals surface area contributed by atoms with Gasteiger partial charge in [-0.05, 0) is 24.5 Å². The summed E-state index contributed by atoms with van der Waals surface area (Å²) >= 11 is 1.39. The molecule has 0 radical (unpaired) electrons. The van der Waals surface area contributed by atoms with Gasteiger partial charge in [0, 0.05) is 24.9 Å². The SMILES string of the molecule is CCCc1cc(=O)n2nc(NCc3cccc(COCCOCC)c3)sc2n1. The Morgan fingerprint density at radius 3 is 2.79 bits per heavy atom. The minimum absolute atomic E-state index is 0.135. The van der Waals surface area contributed by atoms with E-state index >= 15 is 0 Å². The van der Waals surface area contributed by atoms with Crippen molar-refractivity contribution < 1.29 is 9.47 Å². The summed E-state index contributed by atoms with van der Waals surface area (Å²) in [5.74, 6) is 0. The summed E-state index contributed by atoms with van der Waals surface area (Å²) < 4.78 is 12.2. The standard InChI is InChI=1S/C20H26N4O3S/c1-3-6-17-12-18(25)24-20(22-17)28-19(23-24)21-13-15-7-5-8-16(11-15)14-27-10-9-26-4-2/h5,7-8,11-12H,3-4,6,9-10,13-14H2,1-2H3,(H,21,23). The van der Waals surface area contributed by atoms with E-state index in [-0.39, 0.29) is 5.56 Å². The van der Waals surface area contributed by atoms with Crippen molar-refractivity contribution in [2.75, 3.05) is 25.1 Å². The number of nitrogens with zero attached hydrogens (tertiary/aromatic N) is 3. The summed E-state index contributed by atoms with van der Waals surface area (Å²) in [6, 6.07) is 9.77. The Morgan fingerprint density at radius 1 is 1.14 bits per heavy atom. The van der Waals surface area contributed by atoms with E-state index in [4.69, 9.17) is 9.47 Å². The zero-order chi connectivity index (χ0) is 19.8. The molecule has 0 spiro atoms. The third-order valence-corrected chi connectivity index (χ3v) is 4.95. The van der Waals surface area contributed by atoms with Gasteiger partial charge in [-0.25, -0.2) is 4.98 Å². The Hall–Kier alpha value is -2.29. The van der Waals surface area contributed by atoms with Gasteiger partial charge in [-0.1, -0.05) is 48.9 Å². The van der Waals surface area contributed by atoms with E-state index < -0.39 is 0 Å². The number of aryl methyl sites for hydroxylation is 1. The van der Waals surface area contributed by atoms with Crippen LogP contribution >= 0.6 is 11.3 Å². The second-order valence-corrected chi connectivity index (χ2v) is 7.32. The van der Waals surface area contributed by atoms with Crippen LogP contribution in [0.5, 0.6) is 0 Å². The number of fused-ring (bicyclic) bond motifs is 1. The van der Waals surface area contributed by atoms with Crippen molar-refractivity contribution in [2.24, 2.45) is 0 Å². The molecular formula is C20H26N4O3S. The molecule has 1 aromatic carbocycles. The van der Waals surface area contributed by atoms with Crippen LogP contribution in [-0.4, -0.2) is 34.4 Å². The van der Waals surface area contributed by atoms with Crippen LogP contribution in [0.4, 0.5) is 5.13 Å². The van der Waals surface area contributed by atoms with Crippen LogP contribution in [0, 0.1) is 0 Å². The maximum Gasteiger partial charge on any atom is 0.275 e. The van der Waals surface area contributed by atoms with Crippen LogP contribution < -0.4 is 10.9 Å². The molecule has 3 rings (SSSR count). The molecule has 0 fully saturated rings. The zero-order valence-electron chi connectivity index (χ0n) is 16.3. The number of benzene rings is 1. The summed E-state index contributed by atoms with van der Waals surface area (Å²) in [5, 5.41) is 8.30. The highest BCUT2D eigenvalue weighted by Crippen LogP contribution is 2.18. The lowest BCUT2D eigenvalue weighted by Crippen LogP contribution is -2.15. The quantitative estimate of drug-likeness (QED) is 0.496. The highest BCUT2D eigenvalue weighted by Gasteiger charge is 2.09. The van der Waals surface area contributed by atoms with Gasteiger partial charge < -0.3 is 14.8 Å². The van der Waals surface area contributed by atoms with Gasteiger partial charge in [-0.2, -0.15) is 4.52 Å². The normalized spacial score (nSPS) is 11.2. The van der Waals surface area contributed by atoms with Gasteiger partial charge >= 0.3 is 0 Å². The fourth-order valence-corrected chi connectivity index (χ4v) is 3.59. The first-order chi connectivity index (χ1) is 13.7. The minimum Gasteiger partial charge on any atom is -0.379 e. The lowest BCUT2D eigenvalue weighted by molar-refractivity contribution is 0.0453. The molecule has 3 aromatic rings. The molecule has 0 atom stereocenters. The van der Waals surface area contributed by atoms with E-state index in [1.54, 1.807) is 6.07 Å². The average Bonchev–Trinajstić information content (AvgIpc) is 3.11. The smallest absolute Gasteiger partial charge is 0.275 e. The van der Waals surface area contributed by atoms with Gasteiger partial charge in [-0.15, -0.1) is 5.10 Å². The van der Waals surface area contributed by atoms with E-state index in [1.165, 1.54) is 15.9 Å². The molecule has 0 unspecified atom stereocenters. The van der Waals surface area contributed by atoms with Gasteiger partial charge in [0.05, 0.1) is 19.8 Å². The lowest BCUT2D eigenvalue weighted by atomic mass is 10.1. The van der Waals surface area contributed by atoms with E-state index in [0.29, 0.717) is 43.1 Å². The van der Waals surface area contributed by atoms with E-state index in [2.05, 4.69) is 28.4 Å². The number of aromatic nitrogens is 3. The van der Waals surface area contributed by atoms with Crippen LogP contribution in [0.15, 0.2) is 35.1 Å². The highest BCUT2D eigenvalue weighted by molar-refractivity contribution is 7.20. The molecule has 150 valence electrons.